The van der Waals surface area contributed by atoms with Gasteiger partial charge in [0, 0.05) is 31.2 Å². The fourth-order valence-electron chi connectivity index (χ4n) is 3.35. The van der Waals surface area contributed by atoms with Crippen LogP contribution in [0, 0.1) is 0 Å². The summed E-state index contributed by atoms with van der Waals surface area (Å²) in [5.41, 5.74) is 2.39. The summed E-state index contributed by atoms with van der Waals surface area (Å²) in [6.45, 7) is 5.18. The molecule has 2 aliphatic rings. The number of aromatic nitrogens is 2. The van der Waals surface area contributed by atoms with Crippen LogP contribution in [0.3, 0.4) is 0 Å². The van der Waals surface area contributed by atoms with Crippen molar-refractivity contribution in [3.8, 4) is 5.75 Å². The molecule has 1 aliphatic heterocycles. The van der Waals surface area contributed by atoms with E-state index in [0.717, 1.165) is 43.4 Å². The average Bonchev–Trinajstić information content (AvgIpc) is 3.34. The van der Waals surface area contributed by atoms with E-state index in [1.807, 2.05) is 19.1 Å². The van der Waals surface area contributed by atoms with E-state index < -0.39 is 0 Å². The lowest BCUT2D eigenvalue weighted by molar-refractivity contribution is 0.193. The Bertz CT molecular complexity index is 694. The molecule has 25 heavy (non-hydrogen) atoms. The number of hydrogen-bond donors (Lipinski definition) is 0. The highest BCUT2D eigenvalue weighted by molar-refractivity contribution is 5.44. The maximum Gasteiger partial charge on any atom is 0.132 e. The third kappa shape index (κ3) is 3.93. The van der Waals surface area contributed by atoms with E-state index in [4.69, 9.17) is 9.47 Å². The van der Waals surface area contributed by atoms with Gasteiger partial charge in [0.1, 0.15) is 17.9 Å². The largest absolute Gasteiger partial charge is 0.494 e. The highest BCUT2D eigenvalue weighted by Crippen LogP contribution is 2.33. The van der Waals surface area contributed by atoms with E-state index in [9.17, 15) is 0 Å². The van der Waals surface area contributed by atoms with E-state index >= 15 is 0 Å². The molecule has 2 heterocycles. The van der Waals surface area contributed by atoms with Crippen LogP contribution in [0.25, 0.3) is 0 Å². The van der Waals surface area contributed by atoms with Gasteiger partial charge in [-0.2, -0.15) is 0 Å². The van der Waals surface area contributed by atoms with Crippen LogP contribution in [-0.2, 0) is 11.3 Å². The lowest BCUT2D eigenvalue weighted by Crippen LogP contribution is -2.26. The molecule has 2 fully saturated rings. The Morgan fingerprint density at radius 2 is 2.00 bits per heavy atom. The minimum absolute atomic E-state index is 0.410. The molecule has 1 saturated carbocycles. The average molecular weight is 339 g/mol. The van der Waals surface area contributed by atoms with Gasteiger partial charge in [0.2, 0.25) is 0 Å². The first-order chi connectivity index (χ1) is 12.3. The van der Waals surface area contributed by atoms with Gasteiger partial charge in [0.05, 0.1) is 18.9 Å². The Morgan fingerprint density at radius 1 is 1.16 bits per heavy atom. The standard InChI is InChI=1S/C20H25N3O2/c1-2-25-18-7-3-15(4-8-18)12-23(17-5-6-17)20-11-19(21-14-22-20)16-9-10-24-13-16/h3-4,7-8,11,14,16-17H,2,5-6,9-10,12-13H2,1H3. The zero-order valence-corrected chi connectivity index (χ0v) is 14.7. The van der Waals surface area contributed by atoms with E-state index in [1.54, 1.807) is 6.33 Å². The number of hydrogen-bond acceptors (Lipinski definition) is 5. The van der Waals surface area contributed by atoms with Gasteiger partial charge < -0.3 is 14.4 Å². The molecule has 1 aliphatic carbocycles. The van der Waals surface area contributed by atoms with Crippen molar-refractivity contribution in [3.63, 3.8) is 0 Å². The van der Waals surface area contributed by atoms with Gasteiger partial charge in [-0.05, 0) is 43.9 Å². The third-order valence-corrected chi connectivity index (χ3v) is 4.89. The molecule has 2 aromatic rings. The van der Waals surface area contributed by atoms with Crippen LogP contribution in [0.4, 0.5) is 5.82 Å². The zero-order chi connectivity index (χ0) is 17.1. The predicted molar refractivity (Wildman–Crippen MR) is 97.0 cm³/mol. The highest BCUT2D eigenvalue weighted by atomic mass is 16.5. The van der Waals surface area contributed by atoms with Crippen LogP contribution in [0.1, 0.15) is 43.4 Å². The van der Waals surface area contributed by atoms with Crippen molar-refractivity contribution in [2.24, 2.45) is 0 Å². The van der Waals surface area contributed by atoms with Crippen molar-refractivity contribution in [2.75, 3.05) is 24.7 Å². The number of benzene rings is 1. The third-order valence-electron chi connectivity index (χ3n) is 4.89. The van der Waals surface area contributed by atoms with Crippen molar-refractivity contribution >= 4 is 5.82 Å². The molecule has 0 N–H and O–H groups in total. The summed E-state index contributed by atoms with van der Waals surface area (Å²) in [6.07, 6.45) is 5.24. The van der Waals surface area contributed by atoms with Crippen LogP contribution in [-0.4, -0.2) is 35.8 Å². The highest BCUT2D eigenvalue weighted by Gasteiger charge is 2.31. The molecule has 132 valence electrons. The second-order valence-electron chi connectivity index (χ2n) is 6.80. The summed E-state index contributed by atoms with van der Waals surface area (Å²) in [5.74, 6) is 2.37. The molecule has 0 spiro atoms. The van der Waals surface area contributed by atoms with Crippen molar-refractivity contribution in [1.29, 1.82) is 0 Å². The quantitative estimate of drug-likeness (QED) is 0.772. The lowest BCUT2D eigenvalue weighted by Gasteiger charge is -2.24. The Hall–Kier alpha value is -2.14. The van der Waals surface area contributed by atoms with Crippen LogP contribution in [0.5, 0.6) is 5.75 Å². The van der Waals surface area contributed by atoms with Gasteiger partial charge in [-0.1, -0.05) is 12.1 Å². The molecule has 0 radical (unpaired) electrons. The fraction of sp³-hybridized carbons (Fsp3) is 0.500. The van der Waals surface area contributed by atoms with Gasteiger partial charge >= 0.3 is 0 Å². The van der Waals surface area contributed by atoms with Crippen molar-refractivity contribution < 1.29 is 9.47 Å². The topological polar surface area (TPSA) is 47.5 Å². The number of anilines is 1. The maximum atomic E-state index is 5.54. The van der Waals surface area contributed by atoms with Crippen LogP contribution < -0.4 is 9.64 Å². The Kier molecular flexibility index (Phi) is 4.83. The van der Waals surface area contributed by atoms with Crippen LogP contribution in [0.2, 0.25) is 0 Å². The van der Waals surface area contributed by atoms with Crippen LogP contribution in [0.15, 0.2) is 36.7 Å². The van der Waals surface area contributed by atoms with Gasteiger partial charge in [-0.25, -0.2) is 9.97 Å². The van der Waals surface area contributed by atoms with Crippen LogP contribution >= 0.6 is 0 Å². The van der Waals surface area contributed by atoms with Gasteiger partial charge in [0.15, 0.2) is 0 Å². The molecule has 5 heteroatoms. The predicted octanol–water partition coefficient (Wildman–Crippen LogP) is 3.55. The SMILES string of the molecule is CCOc1ccc(CN(c2cc(C3CCOC3)ncn2)C2CC2)cc1. The summed E-state index contributed by atoms with van der Waals surface area (Å²) >= 11 is 0. The van der Waals surface area contributed by atoms with Crippen molar-refractivity contribution in [3.05, 3.63) is 47.9 Å². The molecular formula is C20H25N3O2. The number of ether oxygens (including phenoxy) is 2. The minimum atomic E-state index is 0.410. The first kappa shape index (κ1) is 16.3. The summed E-state index contributed by atoms with van der Waals surface area (Å²) < 4.78 is 11.0. The normalized spacial score (nSPS) is 19.8. The fourth-order valence-corrected chi connectivity index (χ4v) is 3.35. The lowest BCUT2D eigenvalue weighted by atomic mass is 10.0. The second-order valence-corrected chi connectivity index (χ2v) is 6.80. The molecule has 4 rings (SSSR count). The molecular weight excluding hydrogens is 314 g/mol. The van der Waals surface area contributed by atoms with Gasteiger partial charge in [-0.3, -0.25) is 0 Å². The Labute approximate surface area is 149 Å². The minimum Gasteiger partial charge on any atom is -0.494 e. The molecule has 0 bridgehead atoms. The van der Waals surface area contributed by atoms with Gasteiger partial charge in [0.25, 0.3) is 0 Å². The molecule has 1 aromatic heterocycles. The monoisotopic (exact) mass is 339 g/mol. The number of nitrogens with zero attached hydrogens (tertiary/aromatic N) is 3. The smallest absolute Gasteiger partial charge is 0.132 e. The molecule has 1 aromatic carbocycles. The van der Waals surface area contributed by atoms with E-state index in [1.165, 1.54) is 18.4 Å². The number of rotatable bonds is 7. The maximum absolute atomic E-state index is 5.54. The van der Waals surface area contributed by atoms with E-state index in [-0.39, 0.29) is 0 Å². The van der Waals surface area contributed by atoms with Crippen molar-refractivity contribution in [2.45, 2.75) is 44.7 Å². The summed E-state index contributed by atoms with van der Waals surface area (Å²) in [4.78, 5) is 11.5. The Balaban J connectivity index is 1.52. The summed E-state index contributed by atoms with van der Waals surface area (Å²) in [5, 5.41) is 0. The van der Waals surface area contributed by atoms with E-state index in [0.29, 0.717) is 18.6 Å². The van der Waals surface area contributed by atoms with Crippen molar-refractivity contribution in [1.82, 2.24) is 9.97 Å². The summed E-state index contributed by atoms with van der Waals surface area (Å²) in [7, 11) is 0. The second kappa shape index (κ2) is 7.40. The first-order valence-electron chi connectivity index (χ1n) is 9.21. The summed E-state index contributed by atoms with van der Waals surface area (Å²) in [6, 6.07) is 11.1. The zero-order valence-electron chi connectivity index (χ0n) is 14.7. The molecule has 1 unspecified atom stereocenters. The molecule has 0 amide bonds. The first-order valence-corrected chi connectivity index (χ1v) is 9.21. The molecule has 5 nitrogen and oxygen atoms in total. The molecule has 1 atom stereocenters. The molecule has 1 saturated heterocycles. The Morgan fingerprint density at radius 3 is 2.68 bits per heavy atom. The van der Waals surface area contributed by atoms with E-state index in [2.05, 4.69) is 33.1 Å². The van der Waals surface area contributed by atoms with Gasteiger partial charge in [-0.15, -0.1) is 0 Å².